The molecular weight excluding hydrogens is 420 g/mol. The van der Waals surface area contributed by atoms with Crippen LogP contribution in [0.1, 0.15) is 28.2 Å². The van der Waals surface area contributed by atoms with Crippen molar-refractivity contribution in [3.63, 3.8) is 0 Å². The first kappa shape index (κ1) is 20.7. The molecule has 156 valence electrons. The van der Waals surface area contributed by atoms with E-state index < -0.39 is 0 Å². The molecule has 0 bridgehead atoms. The number of rotatable bonds is 6. The normalized spacial score (nSPS) is 13.1. The number of nitrogens with zero attached hydrogens (tertiary/aromatic N) is 2. The van der Waals surface area contributed by atoms with Crippen LogP contribution in [-0.2, 0) is 24.2 Å². The van der Waals surface area contributed by atoms with E-state index in [0.717, 1.165) is 40.7 Å². The number of benzene rings is 2. The summed E-state index contributed by atoms with van der Waals surface area (Å²) in [7, 11) is 1.65. The van der Waals surface area contributed by atoms with E-state index in [1.165, 1.54) is 22.5 Å². The van der Waals surface area contributed by atoms with E-state index in [-0.39, 0.29) is 12.3 Å². The predicted octanol–water partition coefficient (Wildman–Crippen LogP) is 5.21. The summed E-state index contributed by atoms with van der Waals surface area (Å²) in [5.74, 6) is 1.52. The number of carbonyl (C=O) groups excluding carboxylic acids is 1. The van der Waals surface area contributed by atoms with E-state index in [9.17, 15) is 4.79 Å². The van der Waals surface area contributed by atoms with Gasteiger partial charge in [0.15, 0.2) is 0 Å². The number of halogens is 1. The van der Waals surface area contributed by atoms with Gasteiger partial charge >= 0.3 is 0 Å². The number of ether oxygens (including phenoxy) is 2. The number of hydrogen-bond donors (Lipinski definition) is 0. The molecule has 0 fully saturated rings. The number of anilines is 1. The molecule has 1 aromatic heterocycles. The van der Waals surface area contributed by atoms with Crippen LogP contribution in [0.15, 0.2) is 41.8 Å². The summed E-state index contributed by atoms with van der Waals surface area (Å²) in [5, 5.41) is 3.43. The highest BCUT2D eigenvalue weighted by Gasteiger charge is 2.27. The predicted molar refractivity (Wildman–Crippen MR) is 120 cm³/mol. The first-order valence-electron chi connectivity index (χ1n) is 9.83. The molecule has 0 N–H and O–H groups in total. The van der Waals surface area contributed by atoms with Crippen molar-refractivity contribution >= 4 is 34.5 Å². The van der Waals surface area contributed by atoms with Gasteiger partial charge in [-0.25, -0.2) is 4.98 Å². The molecule has 2 aromatic carbocycles. The third-order valence-corrected chi connectivity index (χ3v) is 6.31. The van der Waals surface area contributed by atoms with Gasteiger partial charge in [0.25, 0.3) is 0 Å². The molecule has 4 rings (SSSR count). The summed E-state index contributed by atoms with van der Waals surface area (Å²) in [5.41, 5.74) is 4.07. The second-order valence-electron chi connectivity index (χ2n) is 7.21. The fraction of sp³-hybridized carbons (Fsp3) is 0.304. The highest BCUT2D eigenvalue weighted by atomic mass is 35.5. The number of fused-ring (bicyclic) bond motifs is 1. The highest BCUT2D eigenvalue weighted by Crippen LogP contribution is 2.38. The fourth-order valence-electron chi connectivity index (χ4n) is 3.69. The van der Waals surface area contributed by atoms with E-state index in [1.54, 1.807) is 19.2 Å². The lowest BCUT2D eigenvalue weighted by Crippen LogP contribution is -2.37. The van der Waals surface area contributed by atoms with Crippen LogP contribution >= 0.6 is 22.9 Å². The van der Waals surface area contributed by atoms with Crippen molar-refractivity contribution in [2.24, 2.45) is 0 Å². The van der Waals surface area contributed by atoms with Crippen molar-refractivity contribution in [2.45, 2.75) is 32.8 Å². The zero-order valence-electron chi connectivity index (χ0n) is 17.0. The molecule has 0 atom stereocenters. The molecule has 1 aliphatic heterocycles. The minimum atomic E-state index is 0.0373. The number of methoxy groups -OCH3 is 1. The first-order chi connectivity index (χ1) is 14.5. The monoisotopic (exact) mass is 442 g/mol. The summed E-state index contributed by atoms with van der Waals surface area (Å²) >= 11 is 7.39. The summed E-state index contributed by atoms with van der Waals surface area (Å²) < 4.78 is 11.3. The Morgan fingerprint density at radius 3 is 2.80 bits per heavy atom. The van der Waals surface area contributed by atoms with Crippen molar-refractivity contribution in [3.8, 4) is 11.5 Å². The number of hydrogen-bond acceptors (Lipinski definition) is 5. The topological polar surface area (TPSA) is 51.7 Å². The van der Waals surface area contributed by atoms with E-state index in [4.69, 9.17) is 21.1 Å². The standard InChI is InChI=1S/C23H23ClN2O3S/c1-15-5-10-20(28-2)23-19(15)4-3-11-26(23)22(27)12-17-14-30-21(25-17)13-29-18-8-6-16(24)7-9-18/h5-10,14H,3-4,11-13H2,1-2H3. The first-order valence-corrected chi connectivity index (χ1v) is 11.1. The molecule has 7 heteroatoms. The number of carbonyl (C=O) groups is 1. The zero-order valence-corrected chi connectivity index (χ0v) is 18.6. The lowest BCUT2D eigenvalue weighted by molar-refractivity contribution is -0.118. The van der Waals surface area contributed by atoms with Gasteiger partial charge in [0.2, 0.25) is 5.91 Å². The van der Waals surface area contributed by atoms with Gasteiger partial charge < -0.3 is 14.4 Å². The molecule has 1 aliphatic rings. The third-order valence-electron chi connectivity index (χ3n) is 5.19. The van der Waals surface area contributed by atoms with Crippen molar-refractivity contribution in [2.75, 3.05) is 18.6 Å². The van der Waals surface area contributed by atoms with E-state index in [0.29, 0.717) is 18.2 Å². The molecule has 2 heterocycles. The molecule has 1 amide bonds. The maximum atomic E-state index is 13.1. The van der Waals surface area contributed by atoms with Gasteiger partial charge in [-0.15, -0.1) is 11.3 Å². The van der Waals surface area contributed by atoms with Crippen LogP contribution < -0.4 is 14.4 Å². The summed E-state index contributed by atoms with van der Waals surface area (Å²) in [4.78, 5) is 19.6. The van der Waals surface area contributed by atoms with Crippen molar-refractivity contribution in [1.82, 2.24) is 4.98 Å². The van der Waals surface area contributed by atoms with Crippen molar-refractivity contribution in [1.29, 1.82) is 0 Å². The molecule has 0 spiro atoms. The average molecular weight is 443 g/mol. The van der Waals surface area contributed by atoms with Gasteiger partial charge in [0.05, 0.1) is 24.9 Å². The van der Waals surface area contributed by atoms with Crippen molar-refractivity contribution in [3.05, 3.63) is 68.6 Å². The van der Waals surface area contributed by atoms with Gasteiger partial charge in [0.1, 0.15) is 23.1 Å². The second-order valence-corrected chi connectivity index (χ2v) is 8.59. The molecule has 0 unspecified atom stereocenters. The Morgan fingerprint density at radius 1 is 1.23 bits per heavy atom. The Bertz CT molecular complexity index is 1050. The average Bonchev–Trinajstić information content (AvgIpc) is 3.20. The van der Waals surface area contributed by atoms with Gasteiger partial charge in [-0.3, -0.25) is 4.79 Å². The molecule has 0 aliphatic carbocycles. The van der Waals surface area contributed by atoms with Crippen LogP contribution in [0.25, 0.3) is 0 Å². The summed E-state index contributed by atoms with van der Waals surface area (Å²) in [6.07, 6.45) is 2.17. The van der Waals surface area contributed by atoms with Crippen LogP contribution in [0.3, 0.4) is 0 Å². The molecule has 3 aromatic rings. The summed E-state index contributed by atoms with van der Waals surface area (Å²) in [6.45, 7) is 3.14. The minimum Gasteiger partial charge on any atom is -0.495 e. The maximum Gasteiger partial charge on any atom is 0.233 e. The Morgan fingerprint density at radius 2 is 2.03 bits per heavy atom. The van der Waals surface area contributed by atoms with Crippen LogP contribution in [0.2, 0.25) is 5.02 Å². The number of thiazole rings is 1. The maximum absolute atomic E-state index is 13.1. The van der Waals surface area contributed by atoms with Crippen LogP contribution in [0, 0.1) is 6.92 Å². The molecule has 0 saturated heterocycles. The minimum absolute atomic E-state index is 0.0373. The third kappa shape index (κ3) is 4.45. The Kier molecular flexibility index (Phi) is 6.25. The molecular formula is C23H23ClN2O3S. The van der Waals surface area contributed by atoms with E-state index in [2.05, 4.69) is 18.0 Å². The Labute approximate surface area is 185 Å². The van der Waals surface area contributed by atoms with Crippen LogP contribution in [0.4, 0.5) is 5.69 Å². The van der Waals surface area contributed by atoms with E-state index in [1.807, 2.05) is 28.5 Å². The highest BCUT2D eigenvalue weighted by molar-refractivity contribution is 7.09. The SMILES string of the molecule is COc1ccc(C)c2c1N(C(=O)Cc1csc(COc3ccc(Cl)cc3)n1)CCC2. The van der Waals surface area contributed by atoms with Crippen LogP contribution in [-0.4, -0.2) is 24.5 Å². The van der Waals surface area contributed by atoms with Gasteiger partial charge in [-0.05, 0) is 61.2 Å². The van der Waals surface area contributed by atoms with E-state index >= 15 is 0 Å². The molecule has 30 heavy (non-hydrogen) atoms. The zero-order chi connectivity index (χ0) is 21.1. The number of amides is 1. The van der Waals surface area contributed by atoms with Gasteiger partial charge in [0, 0.05) is 16.9 Å². The smallest absolute Gasteiger partial charge is 0.233 e. The fourth-order valence-corrected chi connectivity index (χ4v) is 4.52. The largest absolute Gasteiger partial charge is 0.495 e. The number of aryl methyl sites for hydroxylation is 1. The molecule has 0 saturated carbocycles. The molecule has 0 radical (unpaired) electrons. The Hall–Kier alpha value is -2.57. The van der Waals surface area contributed by atoms with Gasteiger partial charge in [-0.1, -0.05) is 17.7 Å². The lowest BCUT2D eigenvalue weighted by Gasteiger charge is -2.32. The second kappa shape index (κ2) is 9.06. The Balaban J connectivity index is 1.44. The number of aromatic nitrogens is 1. The quantitative estimate of drug-likeness (QED) is 0.525. The van der Waals surface area contributed by atoms with Gasteiger partial charge in [-0.2, -0.15) is 0 Å². The van der Waals surface area contributed by atoms with Crippen molar-refractivity contribution < 1.29 is 14.3 Å². The lowest BCUT2D eigenvalue weighted by atomic mass is 9.96. The van der Waals surface area contributed by atoms with Crippen LogP contribution in [0.5, 0.6) is 11.5 Å². The summed E-state index contributed by atoms with van der Waals surface area (Å²) in [6, 6.07) is 11.2. The molecule has 5 nitrogen and oxygen atoms in total.